The first-order valence-electron chi connectivity index (χ1n) is 7.41. The molecule has 0 spiro atoms. The molecule has 1 aromatic heterocycles. The SMILES string of the molecule is CC(C)C1CCCN(Cc2ccsc2C(=O)NN)CC1. The van der Waals surface area contributed by atoms with Crippen molar-refractivity contribution in [1.29, 1.82) is 0 Å². The molecule has 3 N–H and O–H groups in total. The number of rotatable bonds is 4. The van der Waals surface area contributed by atoms with Gasteiger partial charge in [0.25, 0.3) is 5.91 Å². The molecule has 1 aliphatic rings. The summed E-state index contributed by atoms with van der Waals surface area (Å²) in [6.45, 7) is 7.76. The molecule has 1 amide bonds. The van der Waals surface area contributed by atoms with E-state index in [0.717, 1.165) is 41.9 Å². The van der Waals surface area contributed by atoms with Crippen LogP contribution >= 0.6 is 11.3 Å². The van der Waals surface area contributed by atoms with E-state index in [0.29, 0.717) is 0 Å². The Balaban J connectivity index is 1.97. The minimum atomic E-state index is -0.176. The van der Waals surface area contributed by atoms with Crippen LogP contribution in [0.1, 0.15) is 48.3 Å². The van der Waals surface area contributed by atoms with Crippen molar-refractivity contribution in [3.8, 4) is 0 Å². The van der Waals surface area contributed by atoms with Crippen molar-refractivity contribution in [2.24, 2.45) is 17.7 Å². The number of hydrogen-bond donors (Lipinski definition) is 2. The molecule has 1 atom stereocenters. The van der Waals surface area contributed by atoms with Gasteiger partial charge >= 0.3 is 0 Å². The Morgan fingerprint density at radius 2 is 2.30 bits per heavy atom. The Hall–Kier alpha value is -0.910. The van der Waals surface area contributed by atoms with Crippen LogP contribution in [-0.2, 0) is 6.54 Å². The predicted octanol–water partition coefficient (Wildman–Crippen LogP) is 2.61. The van der Waals surface area contributed by atoms with E-state index in [1.807, 2.05) is 11.4 Å². The summed E-state index contributed by atoms with van der Waals surface area (Å²) in [5, 5.41) is 1.97. The van der Waals surface area contributed by atoms with E-state index in [1.165, 1.54) is 30.6 Å². The maximum absolute atomic E-state index is 11.7. The lowest BCUT2D eigenvalue weighted by Crippen LogP contribution is -2.31. The summed E-state index contributed by atoms with van der Waals surface area (Å²) in [6, 6.07) is 2.04. The number of hydrogen-bond acceptors (Lipinski definition) is 4. The largest absolute Gasteiger partial charge is 0.299 e. The molecule has 20 heavy (non-hydrogen) atoms. The fraction of sp³-hybridized carbons (Fsp3) is 0.667. The highest BCUT2D eigenvalue weighted by Gasteiger charge is 2.21. The van der Waals surface area contributed by atoms with Crippen molar-refractivity contribution in [3.63, 3.8) is 0 Å². The Kier molecular flexibility index (Phi) is 5.57. The van der Waals surface area contributed by atoms with Crippen LogP contribution in [0, 0.1) is 11.8 Å². The second-order valence-corrected chi connectivity index (χ2v) is 6.88. The summed E-state index contributed by atoms with van der Waals surface area (Å²) >= 11 is 1.46. The van der Waals surface area contributed by atoms with E-state index >= 15 is 0 Å². The molecule has 0 aliphatic carbocycles. The zero-order chi connectivity index (χ0) is 14.5. The third kappa shape index (κ3) is 3.81. The van der Waals surface area contributed by atoms with Crippen LogP contribution in [0.3, 0.4) is 0 Å². The maximum Gasteiger partial charge on any atom is 0.275 e. The lowest BCUT2D eigenvalue weighted by molar-refractivity contribution is 0.0956. The molecular formula is C15H25N3OS. The van der Waals surface area contributed by atoms with Crippen molar-refractivity contribution in [2.75, 3.05) is 13.1 Å². The summed E-state index contributed by atoms with van der Waals surface area (Å²) in [4.78, 5) is 14.9. The van der Waals surface area contributed by atoms with Gasteiger partial charge in [0.1, 0.15) is 0 Å². The van der Waals surface area contributed by atoms with Crippen molar-refractivity contribution in [2.45, 2.75) is 39.7 Å². The molecule has 1 aliphatic heterocycles. The van der Waals surface area contributed by atoms with Gasteiger partial charge in [-0.25, -0.2) is 5.84 Å². The first-order valence-corrected chi connectivity index (χ1v) is 8.29. The van der Waals surface area contributed by atoms with Gasteiger partial charge in [0.05, 0.1) is 4.88 Å². The predicted molar refractivity (Wildman–Crippen MR) is 83.4 cm³/mol. The lowest BCUT2D eigenvalue weighted by atomic mass is 9.89. The molecular weight excluding hydrogens is 270 g/mol. The molecule has 0 saturated carbocycles. The van der Waals surface area contributed by atoms with Crippen LogP contribution in [0.25, 0.3) is 0 Å². The molecule has 5 heteroatoms. The summed E-state index contributed by atoms with van der Waals surface area (Å²) < 4.78 is 0. The number of thiophene rings is 1. The highest BCUT2D eigenvalue weighted by molar-refractivity contribution is 7.12. The van der Waals surface area contributed by atoms with Gasteiger partial charge in [0.15, 0.2) is 0 Å². The molecule has 0 aromatic carbocycles. The molecule has 112 valence electrons. The number of hydrazine groups is 1. The van der Waals surface area contributed by atoms with Gasteiger partial charge in [-0.05, 0) is 61.2 Å². The summed E-state index contributed by atoms with van der Waals surface area (Å²) in [6.07, 6.45) is 3.85. The Morgan fingerprint density at radius 1 is 1.50 bits per heavy atom. The van der Waals surface area contributed by atoms with Crippen LogP contribution in [0.15, 0.2) is 11.4 Å². The topological polar surface area (TPSA) is 58.4 Å². The zero-order valence-electron chi connectivity index (χ0n) is 12.4. The Bertz CT molecular complexity index is 444. The van der Waals surface area contributed by atoms with Gasteiger partial charge in [-0.15, -0.1) is 11.3 Å². The zero-order valence-corrected chi connectivity index (χ0v) is 13.2. The fourth-order valence-corrected chi connectivity index (χ4v) is 3.79. The fourth-order valence-electron chi connectivity index (χ4n) is 2.97. The number of nitrogens with zero attached hydrogens (tertiary/aromatic N) is 1. The quantitative estimate of drug-likeness (QED) is 0.510. The van der Waals surface area contributed by atoms with Crippen molar-refractivity contribution < 1.29 is 4.79 Å². The van der Waals surface area contributed by atoms with E-state index in [4.69, 9.17) is 5.84 Å². The Morgan fingerprint density at radius 3 is 3.00 bits per heavy atom. The molecule has 1 fully saturated rings. The van der Waals surface area contributed by atoms with Gasteiger partial charge in [-0.3, -0.25) is 15.1 Å². The highest BCUT2D eigenvalue weighted by atomic mass is 32.1. The first-order chi connectivity index (χ1) is 9.61. The number of carbonyl (C=O) groups excluding carboxylic acids is 1. The van der Waals surface area contributed by atoms with E-state index in [-0.39, 0.29) is 5.91 Å². The summed E-state index contributed by atoms with van der Waals surface area (Å²) in [5.74, 6) is 6.67. The monoisotopic (exact) mass is 295 g/mol. The second kappa shape index (κ2) is 7.20. The third-order valence-electron chi connectivity index (χ3n) is 4.29. The molecule has 0 bridgehead atoms. The maximum atomic E-state index is 11.7. The van der Waals surface area contributed by atoms with E-state index in [9.17, 15) is 4.79 Å². The molecule has 1 unspecified atom stereocenters. The number of amides is 1. The number of nitrogen functional groups attached to an aromatic ring is 1. The number of carbonyl (C=O) groups is 1. The van der Waals surface area contributed by atoms with E-state index < -0.39 is 0 Å². The van der Waals surface area contributed by atoms with Crippen molar-refractivity contribution >= 4 is 17.2 Å². The average molecular weight is 295 g/mol. The second-order valence-electron chi connectivity index (χ2n) is 5.96. The summed E-state index contributed by atoms with van der Waals surface area (Å²) in [7, 11) is 0. The Labute approximate surface area is 125 Å². The standard InChI is InChI=1S/C15H25N3OS/c1-11(2)12-4-3-7-18(8-5-12)10-13-6-9-20-14(13)15(19)17-16/h6,9,11-12H,3-5,7-8,10,16H2,1-2H3,(H,17,19). The van der Waals surface area contributed by atoms with Crippen LogP contribution in [0.2, 0.25) is 0 Å². The van der Waals surface area contributed by atoms with Gasteiger partial charge < -0.3 is 0 Å². The van der Waals surface area contributed by atoms with Crippen LogP contribution in [-0.4, -0.2) is 23.9 Å². The van der Waals surface area contributed by atoms with Crippen molar-refractivity contribution in [3.05, 3.63) is 21.9 Å². The van der Waals surface area contributed by atoms with Gasteiger partial charge in [0.2, 0.25) is 0 Å². The normalized spacial score (nSPS) is 20.9. The smallest absolute Gasteiger partial charge is 0.275 e. The molecule has 2 rings (SSSR count). The summed E-state index contributed by atoms with van der Waals surface area (Å²) in [5.41, 5.74) is 3.33. The van der Waals surface area contributed by atoms with Crippen molar-refractivity contribution in [1.82, 2.24) is 10.3 Å². The lowest BCUT2D eigenvalue weighted by Gasteiger charge is -2.21. The van der Waals surface area contributed by atoms with E-state index in [1.54, 1.807) is 0 Å². The van der Waals surface area contributed by atoms with Gasteiger partial charge in [-0.2, -0.15) is 0 Å². The van der Waals surface area contributed by atoms with Crippen LogP contribution in [0.4, 0.5) is 0 Å². The van der Waals surface area contributed by atoms with Gasteiger partial charge in [0, 0.05) is 6.54 Å². The minimum absolute atomic E-state index is 0.176. The first kappa shape index (κ1) is 15.5. The number of nitrogens with one attached hydrogen (secondary N) is 1. The van der Waals surface area contributed by atoms with Crippen LogP contribution in [0.5, 0.6) is 0 Å². The van der Waals surface area contributed by atoms with Crippen LogP contribution < -0.4 is 11.3 Å². The molecule has 0 radical (unpaired) electrons. The number of likely N-dealkylation sites (tertiary alicyclic amines) is 1. The minimum Gasteiger partial charge on any atom is -0.299 e. The van der Waals surface area contributed by atoms with E-state index in [2.05, 4.69) is 24.2 Å². The number of nitrogens with two attached hydrogens (primary N) is 1. The molecule has 2 heterocycles. The molecule has 4 nitrogen and oxygen atoms in total. The highest BCUT2D eigenvalue weighted by Crippen LogP contribution is 2.26. The average Bonchev–Trinajstić information content (AvgIpc) is 2.75. The third-order valence-corrected chi connectivity index (χ3v) is 5.24. The van der Waals surface area contributed by atoms with Gasteiger partial charge in [-0.1, -0.05) is 13.8 Å². The molecule has 1 saturated heterocycles. The molecule has 1 aromatic rings.